The minimum Gasteiger partial charge on any atom is -0.382 e. The van der Waals surface area contributed by atoms with Gasteiger partial charge in [0.1, 0.15) is 0 Å². The Morgan fingerprint density at radius 3 is 2.45 bits per heavy atom. The highest BCUT2D eigenvalue weighted by Crippen LogP contribution is 2.20. The van der Waals surface area contributed by atoms with Crippen LogP contribution in [0.3, 0.4) is 0 Å². The largest absolute Gasteiger partial charge is 0.382 e. The summed E-state index contributed by atoms with van der Waals surface area (Å²) in [6, 6.07) is 9.46. The van der Waals surface area contributed by atoms with Crippen LogP contribution in [0.2, 0.25) is 0 Å². The molecule has 3 heteroatoms. The normalized spacial score (nSPS) is 17.0. The molecule has 1 saturated heterocycles. The molecule has 1 aliphatic heterocycles. The van der Waals surface area contributed by atoms with Crippen LogP contribution in [0.4, 0.5) is 11.4 Å². The molecule has 0 aromatic heterocycles. The molecule has 1 aromatic rings. The standard InChI is InChI=1S/C17H28N2O/c1-3-5-6-15(4-2)18-16-7-9-17(10-8-16)19-11-13-20-14-12-19/h7-10,15,18H,3-6,11-14H2,1-2H3. The lowest BCUT2D eigenvalue weighted by Crippen LogP contribution is -2.36. The molecule has 2 rings (SSSR count). The molecule has 1 heterocycles. The van der Waals surface area contributed by atoms with Gasteiger partial charge in [-0.2, -0.15) is 0 Å². The number of hydrogen-bond acceptors (Lipinski definition) is 3. The van der Waals surface area contributed by atoms with Crippen molar-refractivity contribution in [1.29, 1.82) is 0 Å². The molecule has 0 amide bonds. The SMILES string of the molecule is CCCCC(CC)Nc1ccc(N2CCOCC2)cc1. The first-order valence-electron chi connectivity index (χ1n) is 8.02. The van der Waals surface area contributed by atoms with Crippen LogP contribution in [0.25, 0.3) is 0 Å². The third-order valence-corrected chi connectivity index (χ3v) is 4.01. The maximum atomic E-state index is 5.40. The number of rotatable bonds is 7. The van der Waals surface area contributed by atoms with Crippen LogP contribution in [0.15, 0.2) is 24.3 Å². The van der Waals surface area contributed by atoms with Gasteiger partial charge < -0.3 is 15.0 Å². The van der Waals surface area contributed by atoms with Crippen LogP contribution in [0.1, 0.15) is 39.5 Å². The topological polar surface area (TPSA) is 24.5 Å². The molecule has 0 radical (unpaired) electrons. The molecule has 0 bridgehead atoms. The summed E-state index contributed by atoms with van der Waals surface area (Å²) < 4.78 is 5.40. The van der Waals surface area contributed by atoms with Gasteiger partial charge in [0.05, 0.1) is 13.2 Å². The van der Waals surface area contributed by atoms with Crippen LogP contribution in [-0.2, 0) is 4.74 Å². The van der Waals surface area contributed by atoms with Gasteiger partial charge in [-0.1, -0.05) is 26.7 Å². The first kappa shape index (κ1) is 15.2. The van der Waals surface area contributed by atoms with E-state index in [1.165, 1.54) is 37.1 Å². The molecule has 0 spiro atoms. The van der Waals surface area contributed by atoms with Crippen molar-refractivity contribution in [3.8, 4) is 0 Å². The lowest BCUT2D eigenvalue weighted by molar-refractivity contribution is 0.122. The van der Waals surface area contributed by atoms with Crippen LogP contribution in [0, 0.1) is 0 Å². The summed E-state index contributed by atoms with van der Waals surface area (Å²) in [5.41, 5.74) is 2.55. The fourth-order valence-corrected chi connectivity index (χ4v) is 2.65. The molecule has 1 unspecified atom stereocenters. The Balaban J connectivity index is 1.89. The molecule has 0 saturated carbocycles. The maximum absolute atomic E-state index is 5.40. The first-order chi connectivity index (χ1) is 9.83. The van der Waals surface area contributed by atoms with E-state index in [1.54, 1.807) is 0 Å². The number of ether oxygens (including phenoxy) is 1. The Labute approximate surface area is 123 Å². The predicted octanol–water partition coefficient (Wildman–Crippen LogP) is 3.90. The number of unbranched alkanes of at least 4 members (excludes halogenated alkanes) is 1. The Bertz CT molecular complexity index is 371. The predicted molar refractivity (Wildman–Crippen MR) is 86.7 cm³/mol. The van der Waals surface area contributed by atoms with Crippen molar-refractivity contribution >= 4 is 11.4 Å². The van der Waals surface area contributed by atoms with Gasteiger partial charge >= 0.3 is 0 Å². The van der Waals surface area contributed by atoms with Crippen molar-refractivity contribution in [1.82, 2.24) is 0 Å². The molecule has 0 aliphatic carbocycles. The third-order valence-electron chi connectivity index (χ3n) is 4.01. The maximum Gasteiger partial charge on any atom is 0.0642 e. The van der Waals surface area contributed by atoms with Gasteiger partial charge in [-0.25, -0.2) is 0 Å². The number of hydrogen-bond donors (Lipinski definition) is 1. The van der Waals surface area contributed by atoms with Crippen molar-refractivity contribution in [2.75, 3.05) is 36.5 Å². The fraction of sp³-hybridized carbons (Fsp3) is 0.647. The van der Waals surface area contributed by atoms with Gasteiger partial charge in [-0.15, -0.1) is 0 Å². The summed E-state index contributed by atoms with van der Waals surface area (Å²) in [5, 5.41) is 3.65. The lowest BCUT2D eigenvalue weighted by Gasteiger charge is -2.29. The highest BCUT2D eigenvalue weighted by Gasteiger charge is 2.11. The Hall–Kier alpha value is -1.22. The van der Waals surface area contributed by atoms with Crippen LogP contribution < -0.4 is 10.2 Å². The van der Waals surface area contributed by atoms with E-state index >= 15 is 0 Å². The number of morpholine rings is 1. The summed E-state index contributed by atoms with van der Waals surface area (Å²) in [6.07, 6.45) is 5.02. The van der Waals surface area contributed by atoms with Crippen molar-refractivity contribution in [3.05, 3.63) is 24.3 Å². The quantitative estimate of drug-likeness (QED) is 0.817. The van der Waals surface area contributed by atoms with Gasteiger partial charge in [0.25, 0.3) is 0 Å². The van der Waals surface area contributed by atoms with Crippen LogP contribution >= 0.6 is 0 Å². The van der Waals surface area contributed by atoms with Crippen molar-refractivity contribution in [2.45, 2.75) is 45.6 Å². The molecule has 1 N–H and O–H groups in total. The molecule has 1 aromatic carbocycles. The average Bonchev–Trinajstić information content (AvgIpc) is 2.53. The highest BCUT2D eigenvalue weighted by molar-refractivity contribution is 5.55. The summed E-state index contributed by atoms with van der Waals surface area (Å²) in [7, 11) is 0. The van der Waals surface area contributed by atoms with Gasteiger partial charge in [-0.3, -0.25) is 0 Å². The second-order valence-electron chi connectivity index (χ2n) is 5.54. The zero-order chi connectivity index (χ0) is 14.2. The van der Waals surface area contributed by atoms with E-state index in [4.69, 9.17) is 4.74 Å². The summed E-state index contributed by atoms with van der Waals surface area (Å²) in [6.45, 7) is 8.20. The molecule has 1 aliphatic rings. The van der Waals surface area contributed by atoms with Gasteiger partial charge in [-0.05, 0) is 37.1 Å². The van der Waals surface area contributed by atoms with E-state index in [-0.39, 0.29) is 0 Å². The zero-order valence-corrected chi connectivity index (χ0v) is 12.9. The van der Waals surface area contributed by atoms with Gasteiger partial charge in [0, 0.05) is 30.5 Å². The summed E-state index contributed by atoms with van der Waals surface area (Å²) in [4.78, 5) is 2.39. The molecule has 1 atom stereocenters. The monoisotopic (exact) mass is 276 g/mol. The van der Waals surface area contributed by atoms with Gasteiger partial charge in [0.2, 0.25) is 0 Å². The number of anilines is 2. The van der Waals surface area contributed by atoms with Crippen molar-refractivity contribution in [3.63, 3.8) is 0 Å². The Morgan fingerprint density at radius 1 is 1.15 bits per heavy atom. The summed E-state index contributed by atoms with van der Waals surface area (Å²) in [5.74, 6) is 0. The highest BCUT2D eigenvalue weighted by atomic mass is 16.5. The minimum absolute atomic E-state index is 0.601. The summed E-state index contributed by atoms with van der Waals surface area (Å²) >= 11 is 0. The molecular formula is C17H28N2O. The van der Waals surface area contributed by atoms with E-state index in [0.717, 1.165) is 26.3 Å². The van der Waals surface area contributed by atoms with E-state index in [1.807, 2.05) is 0 Å². The number of nitrogens with zero attached hydrogens (tertiary/aromatic N) is 1. The molecule has 112 valence electrons. The second kappa shape index (κ2) is 8.15. The van der Waals surface area contributed by atoms with E-state index < -0.39 is 0 Å². The van der Waals surface area contributed by atoms with Crippen molar-refractivity contribution in [2.24, 2.45) is 0 Å². The molecule has 3 nitrogen and oxygen atoms in total. The third kappa shape index (κ3) is 4.41. The smallest absolute Gasteiger partial charge is 0.0642 e. The van der Waals surface area contributed by atoms with Crippen molar-refractivity contribution < 1.29 is 4.74 Å². The van der Waals surface area contributed by atoms with E-state index in [9.17, 15) is 0 Å². The minimum atomic E-state index is 0.601. The van der Waals surface area contributed by atoms with E-state index in [2.05, 4.69) is 48.3 Å². The molecular weight excluding hydrogens is 248 g/mol. The second-order valence-corrected chi connectivity index (χ2v) is 5.54. The molecule has 20 heavy (non-hydrogen) atoms. The van der Waals surface area contributed by atoms with E-state index in [0.29, 0.717) is 6.04 Å². The van der Waals surface area contributed by atoms with Gasteiger partial charge in [0.15, 0.2) is 0 Å². The Morgan fingerprint density at radius 2 is 1.85 bits per heavy atom. The van der Waals surface area contributed by atoms with Crippen LogP contribution in [0.5, 0.6) is 0 Å². The first-order valence-corrected chi connectivity index (χ1v) is 8.02. The number of benzene rings is 1. The Kier molecular flexibility index (Phi) is 6.19. The zero-order valence-electron chi connectivity index (χ0n) is 12.9. The van der Waals surface area contributed by atoms with Crippen LogP contribution in [-0.4, -0.2) is 32.3 Å². The number of nitrogens with one attached hydrogen (secondary N) is 1. The lowest BCUT2D eigenvalue weighted by atomic mass is 10.1. The average molecular weight is 276 g/mol. The molecule has 1 fully saturated rings. The fourth-order valence-electron chi connectivity index (χ4n) is 2.65.